The number of aromatic amines is 1. The zero-order valence-corrected chi connectivity index (χ0v) is 20.2. The molecule has 0 unspecified atom stereocenters. The first-order valence-electron chi connectivity index (χ1n) is 11.4. The summed E-state index contributed by atoms with van der Waals surface area (Å²) >= 11 is 0. The fourth-order valence-corrected chi connectivity index (χ4v) is 6.02. The van der Waals surface area contributed by atoms with E-state index in [9.17, 15) is 23.1 Å². The molecule has 1 aliphatic heterocycles. The van der Waals surface area contributed by atoms with Crippen LogP contribution in [0.2, 0.25) is 0 Å². The number of nitrogens with one attached hydrogen (secondary N) is 1. The first-order valence-corrected chi connectivity index (χ1v) is 12.8. The summed E-state index contributed by atoms with van der Waals surface area (Å²) in [5.41, 5.74) is 2.17. The number of hydrogen-bond acceptors (Lipinski definition) is 5. The van der Waals surface area contributed by atoms with Crippen LogP contribution < -0.4 is 0 Å². The zero-order chi connectivity index (χ0) is 25.0. The fourth-order valence-electron chi connectivity index (χ4n) is 4.36. The molecule has 35 heavy (non-hydrogen) atoms. The number of benzene rings is 2. The number of carbonyl (C=O) groups is 2. The monoisotopic (exact) mass is 496 g/mol. The van der Waals surface area contributed by atoms with Gasteiger partial charge in [0.1, 0.15) is 12.1 Å². The molecule has 2 heterocycles. The molecule has 4 rings (SSSR count). The number of aliphatic carboxylic acids is 1. The highest BCUT2D eigenvalue weighted by Crippen LogP contribution is 2.29. The van der Waals surface area contributed by atoms with Gasteiger partial charge in [0.25, 0.3) is 0 Å². The molecule has 1 aliphatic rings. The SMILES string of the molecule is Cc1ccc(S(=O)(=O)N2CCC[C@H]2C(=O)N(Cc2ccccc2)[C@@H](Cc2c[nH]cn2)C(=O)O)cc1. The molecular formula is C25H28N4O5S. The van der Waals surface area contributed by atoms with E-state index in [0.29, 0.717) is 18.5 Å². The topological polar surface area (TPSA) is 124 Å². The Bertz CT molecular complexity index is 1260. The first kappa shape index (κ1) is 24.6. The van der Waals surface area contributed by atoms with E-state index < -0.39 is 34.0 Å². The predicted octanol–water partition coefficient (Wildman–Crippen LogP) is 2.60. The Morgan fingerprint density at radius 3 is 2.51 bits per heavy atom. The van der Waals surface area contributed by atoms with Crippen LogP contribution in [0.4, 0.5) is 0 Å². The van der Waals surface area contributed by atoms with Crippen molar-refractivity contribution in [3.05, 3.63) is 83.9 Å². The van der Waals surface area contributed by atoms with Crippen molar-refractivity contribution in [2.75, 3.05) is 6.54 Å². The number of aromatic nitrogens is 2. The number of carboxylic acid groups (broad SMARTS) is 1. The molecule has 10 heteroatoms. The number of hydrogen-bond donors (Lipinski definition) is 2. The van der Waals surface area contributed by atoms with Gasteiger partial charge in [0.05, 0.1) is 16.9 Å². The van der Waals surface area contributed by atoms with E-state index in [1.807, 2.05) is 37.3 Å². The highest BCUT2D eigenvalue weighted by Gasteiger charge is 2.43. The molecular weight excluding hydrogens is 468 g/mol. The molecule has 2 N–H and O–H groups in total. The molecule has 1 amide bonds. The number of imidazole rings is 1. The van der Waals surface area contributed by atoms with E-state index in [2.05, 4.69) is 9.97 Å². The summed E-state index contributed by atoms with van der Waals surface area (Å²) in [5.74, 6) is -1.70. The molecule has 2 aromatic carbocycles. The fraction of sp³-hybridized carbons (Fsp3) is 0.320. The minimum Gasteiger partial charge on any atom is -0.480 e. The predicted molar refractivity (Wildman–Crippen MR) is 129 cm³/mol. The second-order valence-electron chi connectivity index (χ2n) is 8.66. The van der Waals surface area contributed by atoms with Crippen LogP contribution in [0.5, 0.6) is 0 Å². The van der Waals surface area contributed by atoms with Gasteiger partial charge in [0.15, 0.2) is 0 Å². The van der Waals surface area contributed by atoms with Crippen LogP contribution in [0.25, 0.3) is 0 Å². The minimum atomic E-state index is -3.93. The van der Waals surface area contributed by atoms with Crippen molar-refractivity contribution in [3.8, 4) is 0 Å². The molecule has 0 radical (unpaired) electrons. The van der Waals surface area contributed by atoms with Crippen molar-refractivity contribution in [1.29, 1.82) is 0 Å². The van der Waals surface area contributed by atoms with Gasteiger partial charge >= 0.3 is 5.97 Å². The summed E-state index contributed by atoms with van der Waals surface area (Å²) in [6.07, 6.45) is 3.87. The van der Waals surface area contributed by atoms with Crippen molar-refractivity contribution < 1.29 is 23.1 Å². The molecule has 9 nitrogen and oxygen atoms in total. The molecule has 1 saturated heterocycles. The van der Waals surface area contributed by atoms with E-state index in [1.165, 1.54) is 27.7 Å². The molecule has 1 fully saturated rings. The van der Waals surface area contributed by atoms with Crippen LogP contribution in [0.15, 0.2) is 72.0 Å². The van der Waals surface area contributed by atoms with Crippen molar-refractivity contribution in [3.63, 3.8) is 0 Å². The van der Waals surface area contributed by atoms with Gasteiger partial charge in [0, 0.05) is 25.7 Å². The maximum Gasteiger partial charge on any atom is 0.326 e. The van der Waals surface area contributed by atoms with Crippen molar-refractivity contribution in [1.82, 2.24) is 19.2 Å². The summed E-state index contributed by atoms with van der Waals surface area (Å²) in [6, 6.07) is 13.4. The normalized spacial score (nSPS) is 17.2. The lowest BCUT2D eigenvalue weighted by Crippen LogP contribution is -2.53. The second kappa shape index (κ2) is 10.4. The first-order chi connectivity index (χ1) is 16.8. The van der Waals surface area contributed by atoms with Crippen LogP contribution in [-0.4, -0.2) is 63.2 Å². The third-order valence-electron chi connectivity index (χ3n) is 6.21. The Balaban J connectivity index is 1.68. The van der Waals surface area contributed by atoms with Crippen molar-refractivity contribution in [2.45, 2.75) is 49.7 Å². The number of H-pyrrole nitrogens is 1. The van der Waals surface area contributed by atoms with Gasteiger partial charge in [-0.25, -0.2) is 18.2 Å². The van der Waals surface area contributed by atoms with E-state index in [4.69, 9.17) is 0 Å². The average molecular weight is 497 g/mol. The summed E-state index contributed by atoms with van der Waals surface area (Å²) in [5, 5.41) is 10.1. The third-order valence-corrected chi connectivity index (χ3v) is 8.14. The largest absolute Gasteiger partial charge is 0.480 e. The number of carbonyl (C=O) groups excluding carboxylic acids is 1. The van der Waals surface area contributed by atoms with E-state index in [1.54, 1.807) is 18.3 Å². The molecule has 0 saturated carbocycles. The molecule has 3 aromatic rings. The van der Waals surface area contributed by atoms with E-state index >= 15 is 0 Å². The number of nitrogens with zero attached hydrogens (tertiary/aromatic N) is 3. The number of carboxylic acids is 1. The maximum atomic E-state index is 13.9. The van der Waals surface area contributed by atoms with Crippen LogP contribution in [-0.2, 0) is 32.6 Å². The van der Waals surface area contributed by atoms with Crippen molar-refractivity contribution >= 4 is 21.9 Å². The van der Waals surface area contributed by atoms with E-state index in [0.717, 1.165) is 11.1 Å². The van der Waals surface area contributed by atoms with Crippen LogP contribution in [0.3, 0.4) is 0 Å². The Morgan fingerprint density at radius 1 is 1.17 bits per heavy atom. The van der Waals surface area contributed by atoms with Crippen molar-refractivity contribution in [2.24, 2.45) is 0 Å². The maximum absolute atomic E-state index is 13.9. The standard InChI is InChI=1S/C25H28N4O5S/c1-18-9-11-21(12-10-18)35(33,34)29-13-5-8-22(29)24(30)28(16-19-6-3-2-4-7-19)23(25(31)32)14-20-15-26-17-27-20/h2-4,6-7,9-12,15,17,22-23H,5,8,13-14,16H2,1H3,(H,26,27)(H,31,32)/t22-,23-/m0/s1. The van der Waals surface area contributed by atoms with Gasteiger partial charge in [-0.15, -0.1) is 0 Å². The Hall–Kier alpha value is -3.50. The molecule has 0 aliphatic carbocycles. The number of aryl methyl sites for hydroxylation is 1. The average Bonchev–Trinajstić information content (AvgIpc) is 3.54. The van der Waals surface area contributed by atoms with Crippen LogP contribution >= 0.6 is 0 Å². The highest BCUT2D eigenvalue weighted by atomic mass is 32.2. The Kier molecular flexibility index (Phi) is 7.32. The van der Waals surface area contributed by atoms with Gasteiger partial charge in [-0.05, 0) is 37.5 Å². The molecule has 184 valence electrons. The van der Waals surface area contributed by atoms with Crippen LogP contribution in [0, 0.1) is 6.92 Å². The lowest BCUT2D eigenvalue weighted by molar-refractivity contribution is -0.152. The third kappa shape index (κ3) is 5.44. The quantitative estimate of drug-likeness (QED) is 0.469. The molecule has 0 bridgehead atoms. The Morgan fingerprint density at radius 2 is 1.89 bits per heavy atom. The number of sulfonamides is 1. The van der Waals surface area contributed by atoms with Gasteiger partial charge in [-0.2, -0.15) is 4.31 Å². The van der Waals surface area contributed by atoms with Gasteiger partial charge in [0.2, 0.25) is 15.9 Å². The molecule has 2 atom stereocenters. The van der Waals surface area contributed by atoms with Gasteiger partial charge in [-0.1, -0.05) is 48.0 Å². The van der Waals surface area contributed by atoms with Gasteiger partial charge < -0.3 is 15.0 Å². The number of amides is 1. The van der Waals surface area contributed by atoms with Crippen LogP contribution in [0.1, 0.15) is 29.7 Å². The molecule has 0 spiro atoms. The summed E-state index contributed by atoms with van der Waals surface area (Å²) in [6.45, 7) is 2.10. The number of rotatable bonds is 9. The van der Waals surface area contributed by atoms with Gasteiger partial charge in [-0.3, -0.25) is 4.79 Å². The summed E-state index contributed by atoms with van der Waals surface area (Å²) < 4.78 is 28.1. The Labute approximate surface area is 204 Å². The molecule has 1 aromatic heterocycles. The minimum absolute atomic E-state index is 0.00512. The zero-order valence-electron chi connectivity index (χ0n) is 19.4. The summed E-state index contributed by atoms with van der Waals surface area (Å²) in [7, 11) is -3.93. The second-order valence-corrected chi connectivity index (χ2v) is 10.5. The summed E-state index contributed by atoms with van der Waals surface area (Å²) in [4.78, 5) is 34.6. The lowest BCUT2D eigenvalue weighted by atomic mass is 10.1. The smallest absolute Gasteiger partial charge is 0.326 e. The highest BCUT2D eigenvalue weighted by molar-refractivity contribution is 7.89. The lowest BCUT2D eigenvalue weighted by Gasteiger charge is -2.33. The van der Waals surface area contributed by atoms with E-state index in [-0.39, 0.29) is 24.4 Å².